The van der Waals surface area contributed by atoms with Crippen molar-refractivity contribution in [3.05, 3.63) is 36.5 Å². The number of anilines is 1. The molecule has 0 unspecified atom stereocenters. The fourth-order valence-electron chi connectivity index (χ4n) is 3.34. The summed E-state index contributed by atoms with van der Waals surface area (Å²) in [5.41, 5.74) is 0. The van der Waals surface area contributed by atoms with Gasteiger partial charge in [-0.25, -0.2) is 4.98 Å². The van der Waals surface area contributed by atoms with E-state index in [0.29, 0.717) is 6.54 Å². The predicted octanol–water partition coefficient (Wildman–Crippen LogP) is 2.13. The molecule has 0 bridgehead atoms. The molecule has 1 saturated heterocycles. The van der Waals surface area contributed by atoms with Crippen LogP contribution in [0, 0.1) is 5.92 Å². The van der Waals surface area contributed by atoms with E-state index in [1.165, 1.54) is 0 Å². The second-order valence-electron chi connectivity index (χ2n) is 6.92. The van der Waals surface area contributed by atoms with Crippen LogP contribution in [-0.2, 0) is 11.3 Å². The van der Waals surface area contributed by atoms with E-state index in [1.54, 1.807) is 17.4 Å². The van der Waals surface area contributed by atoms with Gasteiger partial charge in [-0.3, -0.25) is 4.79 Å². The summed E-state index contributed by atoms with van der Waals surface area (Å²) in [4.78, 5) is 21.3. The molecule has 0 saturated carbocycles. The Hall–Kier alpha value is -2.44. The van der Waals surface area contributed by atoms with Gasteiger partial charge in [0.2, 0.25) is 5.91 Å². The lowest BCUT2D eigenvalue weighted by molar-refractivity contribution is -0.135. The third-order valence-corrected chi connectivity index (χ3v) is 4.70. The van der Waals surface area contributed by atoms with E-state index in [1.807, 2.05) is 29.8 Å². The Labute approximate surface area is 148 Å². The summed E-state index contributed by atoms with van der Waals surface area (Å²) in [6.45, 7) is 6.32. The molecule has 134 valence electrons. The second-order valence-corrected chi connectivity index (χ2v) is 6.92. The van der Waals surface area contributed by atoms with Crippen LogP contribution < -0.4 is 4.90 Å². The molecule has 1 aliphatic rings. The first-order valence-electron chi connectivity index (χ1n) is 8.85. The normalized spacial score (nSPS) is 17.8. The molecule has 2 aromatic rings. The van der Waals surface area contributed by atoms with E-state index in [-0.39, 0.29) is 17.9 Å². The maximum atomic E-state index is 12.9. The van der Waals surface area contributed by atoms with E-state index in [2.05, 4.69) is 33.9 Å². The lowest BCUT2D eigenvalue weighted by Crippen LogP contribution is -2.44. The van der Waals surface area contributed by atoms with Crippen molar-refractivity contribution < 1.29 is 4.79 Å². The van der Waals surface area contributed by atoms with Gasteiger partial charge in [0.1, 0.15) is 12.1 Å². The van der Waals surface area contributed by atoms with Crippen molar-refractivity contribution in [2.24, 2.45) is 5.92 Å². The molecule has 0 spiro atoms. The van der Waals surface area contributed by atoms with Crippen molar-refractivity contribution in [1.82, 2.24) is 24.6 Å². The largest absolute Gasteiger partial charge is 0.356 e. The van der Waals surface area contributed by atoms with Crippen molar-refractivity contribution >= 4 is 11.7 Å². The molecule has 3 heterocycles. The Kier molecular flexibility index (Phi) is 5.31. The van der Waals surface area contributed by atoms with Gasteiger partial charge in [0.25, 0.3) is 0 Å². The number of rotatable bonds is 5. The molecule has 1 fully saturated rings. The van der Waals surface area contributed by atoms with Crippen LogP contribution in [0.25, 0.3) is 0 Å². The van der Waals surface area contributed by atoms with Crippen LogP contribution in [0.3, 0.4) is 0 Å². The van der Waals surface area contributed by atoms with E-state index < -0.39 is 0 Å². The molecule has 0 N–H and O–H groups in total. The zero-order valence-electron chi connectivity index (χ0n) is 15.2. The first-order chi connectivity index (χ1) is 12.1. The van der Waals surface area contributed by atoms with Crippen molar-refractivity contribution in [3.8, 4) is 0 Å². The van der Waals surface area contributed by atoms with Crippen LogP contribution in [0.15, 0.2) is 30.7 Å². The van der Waals surface area contributed by atoms with Crippen LogP contribution in [-0.4, -0.2) is 50.7 Å². The number of aromatic nitrogens is 4. The van der Waals surface area contributed by atoms with Gasteiger partial charge in [-0.2, -0.15) is 0 Å². The van der Waals surface area contributed by atoms with Crippen LogP contribution >= 0.6 is 0 Å². The molecule has 1 aliphatic heterocycles. The Bertz CT molecular complexity index is 699. The minimum atomic E-state index is -0.00354. The minimum absolute atomic E-state index is 0.00354. The molecule has 25 heavy (non-hydrogen) atoms. The molecule has 1 amide bonds. The van der Waals surface area contributed by atoms with E-state index in [4.69, 9.17) is 0 Å². The van der Waals surface area contributed by atoms with Gasteiger partial charge in [-0.15, -0.1) is 10.2 Å². The number of carbonyl (C=O) groups is 1. The Balaban J connectivity index is 1.64. The molecule has 0 radical (unpaired) electrons. The molecule has 2 aromatic heterocycles. The number of pyridine rings is 1. The van der Waals surface area contributed by atoms with Gasteiger partial charge in [-0.1, -0.05) is 6.07 Å². The second kappa shape index (κ2) is 7.63. The highest BCUT2D eigenvalue weighted by Crippen LogP contribution is 2.23. The predicted molar refractivity (Wildman–Crippen MR) is 96.1 cm³/mol. The third kappa shape index (κ3) is 3.97. The smallest absolute Gasteiger partial charge is 0.227 e. The summed E-state index contributed by atoms with van der Waals surface area (Å²) in [7, 11) is 1.85. The number of carbonyl (C=O) groups excluding carboxylic acids is 1. The molecular formula is C18H26N6O. The topological polar surface area (TPSA) is 67.2 Å². The molecule has 1 atom stereocenters. The van der Waals surface area contributed by atoms with Crippen molar-refractivity contribution in [2.75, 3.05) is 25.0 Å². The van der Waals surface area contributed by atoms with Crippen molar-refractivity contribution in [3.63, 3.8) is 0 Å². The van der Waals surface area contributed by atoms with E-state index >= 15 is 0 Å². The van der Waals surface area contributed by atoms with Crippen molar-refractivity contribution in [2.45, 2.75) is 39.3 Å². The zero-order chi connectivity index (χ0) is 17.8. The lowest BCUT2D eigenvalue weighted by atomic mass is 9.96. The van der Waals surface area contributed by atoms with Gasteiger partial charge < -0.3 is 14.4 Å². The van der Waals surface area contributed by atoms with Crippen molar-refractivity contribution in [1.29, 1.82) is 0 Å². The number of hydrogen-bond acceptors (Lipinski definition) is 5. The van der Waals surface area contributed by atoms with E-state index in [9.17, 15) is 4.79 Å². The summed E-state index contributed by atoms with van der Waals surface area (Å²) in [5.74, 6) is 1.93. The van der Waals surface area contributed by atoms with Gasteiger partial charge in [0, 0.05) is 32.4 Å². The fraction of sp³-hybridized carbons (Fsp3) is 0.556. The minimum Gasteiger partial charge on any atom is -0.356 e. The van der Waals surface area contributed by atoms with Crippen LogP contribution in [0.1, 0.15) is 38.6 Å². The van der Waals surface area contributed by atoms with Gasteiger partial charge in [-0.05, 0) is 38.8 Å². The van der Waals surface area contributed by atoms with Crippen LogP contribution in [0.4, 0.5) is 5.82 Å². The summed E-state index contributed by atoms with van der Waals surface area (Å²) < 4.78 is 2.00. The Morgan fingerprint density at radius 3 is 2.96 bits per heavy atom. The number of nitrogens with zero attached hydrogens (tertiary/aromatic N) is 6. The lowest BCUT2D eigenvalue weighted by Gasteiger charge is -2.34. The third-order valence-electron chi connectivity index (χ3n) is 4.70. The quantitative estimate of drug-likeness (QED) is 0.833. The molecule has 0 aliphatic carbocycles. The molecular weight excluding hydrogens is 316 g/mol. The average Bonchev–Trinajstić information content (AvgIpc) is 3.10. The highest BCUT2D eigenvalue weighted by molar-refractivity contribution is 5.79. The summed E-state index contributed by atoms with van der Waals surface area (Å²) >= 11 is 0. The van der Waals surface area contributed by atoms with Crippen LogP contribution in [0.2, 0.25) is 0 Å². The molecule has 7 heteroatoms. The molecule has 3 rings (SSSR count). The van der Waals surface area contributed by atoms with Crippen LogP contribution in [0.5, 0.6) is 0 Å². The van der Waals surface area contributed by atoms with Gasteiger partial charge in [0.05, 0.1) is 12.5 Å². The standard InChI is InChI=1S/C18H26N6O/c1-14(2)24-13-20-21-17(24)12-22(3)18(25)15-7-6-10-23(11-15)16-8-4-5-9-19-16/h4-5,8-9,13-15H,6-7,10-12H2,1-3H3/t15-/m1/s1. The van der Waals surface area contributed by atoms with Gasteiger partial charge in [0.15, 0.2) is 5.82 Å². The fourth-order valence-corrected chi connectivity index (χ4v) is 3.34. The average molecular weight is 342 g/mol. The number of amides is 1. The zero-order valence-corrected chi connectivity index (χ0v) is 15.2. The SMILES string of the molecule is CC(C)n1cnnc1CN(C)C(=O)[C@@H]1CCCN(c2ccccn2)C1. The first kappa shape index (κ1) is 17.4. The van der Waals surface area contributed by atoms with Gasteiger partial charge >= 0.3 is 0 Å². The maximum Gasteiger partial charge on any atom is 0.227 e. The first-order valence-corrected chi connectivity index (χ1v) is 8.85. The maximum absolute atomic E-state index is 12.9. The molecule has 7 nitrogen and oxygen atoms in total. The Morgan fingerprint density at radius 2 is 2.24 bits per heavy atom. The monoisotopic (exact) mass is 342 g/mol. The summed E-state index contributed by atoms with van der Waals surface area (Å²) in [6, 6.07) is 6.18. The molecule has 0 aromatic carbocycles. The summed E-state index contributed by atoms with van der Waals surface area (Å²) in [6.07, 6.45) is 5.44. The summed E-state index contributed by atoms with van der Waals surface area (Å²) in [5, 5.41) is 8.14. The highest BCUT2D eigenvalue weighted by Gasteiger charge is 2.29. The Morgan fingerprint density at radius 1 is 1.40 bits per heavy atom. The number of hydrogen-bond donors (Lipinski definition) is 0. The van der Waals surface area contributed by atoms with E-state index in [0.717, 1.165) is 37.6 Å². The number of piperidine rings is 1. The highest BCUT2D eigenvalue weighted by atomic mass is 16.2.